The highest BCUT2D eigenvalue weighted by Gasteiger charge is 2.38. The van der Waals surface area contributed by atoms with Gasteiger partial charge in [-0.15, -0.1) is 5.10 Å². The van der Waals surface area contributed by atoms with E-state index in [0.717, 1.165) is 11.3 Å². The number of carbonyl (C=O) groups excluding carboxylic acids is 2. The molecule has 2 amide bonds. The van der Waals surface area contributed by atoms with Gasteiger partial charge >= 0.3 is 18.1 Å². The maximum Gasteiger partial charge on any atom is 0.490 e. The first-order valence-corrected chi connectivity index (χ1v) is 12.2. The summed E-state index contributed by atoms with van der Waals surface area (Å²) >= 11 is 0. The Balaban J connectivity index is 0.000000616. The summed E-state index contributed by atoms with van der Waals surface area (Å²) < 4.78 is 35.1. The number of primary amides is 1. The third-order valence-electron chi connectivity index (χ3n) is 5.87. The van der Waals surface area contributed by atoms with Crippen LogP contribution in [0.5, 0.6) is 0 Å². The van der Waals surface area contributed by atoms with Crippen LogP contribution in [-0.2, 0) is 32.1 Å². The van der Waals surface area contributed by atoms with E-state index in [9.17, 15) is 27.6 Å². The zero-order chi connectivity index (χ0) is 31.0. The minimum atomic E-state index is -5.08. The average Bonchev–Trinajstić information content (AvgIpc) is 3.56. The number of nitrogens with zero attached hydrogens (tertiary/aromatic N) is 6. The third-order valence-corrected chi connectivity index (χ3v) is 5.87. The van der Waals surface area contributed by atoms with Crippen molar-refractivity contribution in [1.29, 1.82) is 0 Å². The van der Waals surface area contributed by atoms with Gasteiger partial charge in [0.15, 0.2) is 0 Å². The molecule has 1 aromatic carbocycles. The van der Waals surface area contributed by atoms with Crippen molar-refractivity contribution < 1.29 is 42.6 Å². The predicted octanol–water partition coefficient (Wildman–Crippen LogP) is 2.32. The van der Waals surface area contributed by atoms with Crippen molar-refractivity contribution in [2.45, 2.75) is 38.0 Å². The van der Waals surface area contributed by atoms with Gasteiger partial charge in [-0.25, -0.2) is 14.5 Å². The summed E-state index contributed by atoms with van der Waals surface area (Å²) in [5.74, 6) is -4.47. The van der Waals surface area contributed by atoms with Crippen LogP contribution in [0.1, 0.15) is 30.1 Å². The van der Waals surface area contributed by atoms with E-state index in [1.165, 1.54) is 4.68 Å². The number of hydrogen-bond donors (Lipinski definition) is 3. The molecule has 1 atom stereocenters. The highest BCUT2D eigenvalue weighted by molar-refractivity contribution is 5.81. The first-order chi connectivity index (χ1) is 19.8. The lowest BCUT2D eigenvalue weighted by Crippen LogP contribution is -2.35. The van der Waals surface area contributed by atoms with Gasteiger partial charge in [0.2, 0.25) is 11.8 Å². The number of likely N-dealkylation sites (N-methyl/N-ethyl adjacent to an activating group) is 1. The van der Waals surface area contributed by atoms with Gasteiger partial charge in [0.1, 0.15) is 17.4 Å². The van der Waals surface area contributed by atoms with E-state index in [2.05, 4.69) is 15.3 Å². The molecule has 0 fully saturated rings. The minimum absolute atomic E-state index is 0.00312. The number of fused-ring (bicyclic) bond motifs is 1. The highest BCUT2D eigenvalue weighted by atomic mass is 19.4. The number of halogens is 3. The van der Waals surface area contributed by atoms with Crippen molar-refractivity contribution in [1.82, 2.24) is 29.3 Å². The fourth-order valence-electron chi connectivity index (χ4n) is 3.90. The third kappa shape index (κ3) is 8.36. The zero-order valence-corrected chi connectivity index (χ0v) is 22.1. The summed E-state index contributed by atoms with van der Waals surface area (Å²) in [5.41, 5.74) is 8.75. The summed E-state index contributed by atoms with van der Waals surface area (Å²) in [7, 11) is 1.68. The molecule has 16 heteroatoms. The van der Waals surface area contributed by atoms with Crippen LogP contribution in [0.2, 0.25) is 0 Å². The predicted molar refractivity (Wildman–Crippen MR) is 140 cm³/mol. The van der Waals surface area contributed by atoms with Gasteiger partial charge in [0.05, 0.1) is 31.1 Å². The lowest BCUT2D eigenvalue weighted by atomic mass is 10.1. The number of benzene rings is 1. The zero-order valence-electron chi connectivity index (χ0n) is 22.1. The summed E-state index contributed by atoms with van der Waals surface area (Å²) in [4.78, 5) is 50.8. The molecule has 42 heavy (non-hydrogen) atoms. The average molecular weight is 590 g/mol. The van der Waals surface area contributed by atoms with E-state index in [0.29, 0.717) is 23.4 Å². The van der Waals surface area contributed by atoms with Crippen LogP contribution in [-0.4, -0.2) is 76.5 Å². The van der Waals surface area contributed by atoms with E-state index >= 15 is 0 Å². The Morgan fingerprint density at radius 1 is 1.10 bits per heavy atom. The Morgan fingerprint density at radius 3 is 2.45 bits per heavy atom. The maximum atomic E-state index is 13.4. The number of hydrogen-bond acceptors (Lipinski definition) is 7. The van der Waals surface area contributed by atoms with Crippen molar-refractivity contribution in [2.75, 3.05) is 7.05 Å². The molecule has 0 spiro atoms. The highest BCUT2D eigenvalue weighted by Crippen LogP contribution is 2.23. The second-order valence-corrected chi connectivity index (χ2v) is 9.05. The molecule has 13 nitrogen and oxygen atoms in total. The topological polar surface area (TPSA) is 186 Å². The van der Waals surface area contributed by atoms with Crippen molar-refractivity contribution in [3.05, 3.63) is 72.3 Å². The summed E-state index contributed by atoms with van der Waals surface area (Å²) in [5, 5.41) is 24.5. The van der Waals surface area contributed by atoms with Gasteiger partial charge in [-0.1, -0.05) is 29.5 Å². The molecular formula is C26H26F3N7O6. The molecule has 0 bridgehead atoms. The molecule has 3 heterocycles. The van der Waals surface area contributed by atoms with E-state index < -0.39 is 30.1 Å². The van der Waals surface area contributed by atoms with E-state index in [1.54, 1.807) is 48.6 Å². The SMILES string of the molecule is CN(Cc1cnc2ccccn12)C(=O)[C@H](CCC(N)=O)n1cc(-c2cccc(CC(=O)O)c2)nn1.O=C(O)C(F)(F)F. The number of alkyl halides is 3. The van der Waals surface area contributed by atoms with Gasteiger partial charge < -0.3 is 25.2 Å². The molecule has 0 radical (unpaired) electrons. The maximum absolute atomic E-state index is 13.4. The van der Waals surface area contributed by atoms with Crippen molar-refractivity contribution in [3.8, 4) is 11.3 Å². The molecule has 0 saturated carbocycles. The Morgan fingerprint density at radius 2 is 1.81 bits per heavy atom. The molecule has 4 aromatic rings. The Labute approximate surface area is 236 Å². The number of aromatic nitrogens is 5. The Bertz CT molecular complexity index is 1580. The fourth-order valence-corrected chi connectivity index (χ4v) is 3.90. The number of imidazole rings is 1. The first-order valence-electron chi connectivity index (χ1n) is 12.2. The second kappa shape index (κ2) is 13.4. The van der Waals surface area contributed by atoms with Gasteiger partial charge in [0, 0.05) is 25.2 Å². The number of carbonyl (C=O) groups is 4. The minimum Gasteiger partial charge on any atom is -0.481 e. The van der Waals surface area contributed by atoms with Crippen LogP contribution in [0.25, 0.3) is 16.9 Å². The summed E-state index contributed by atoms with van der Waals surface area (Å²) in [6.45, 7) is 0.301. The second-order valence-electron chi connectivity index (χ2n) is 9.05. The number of carboxylic acids is 2. The molecule has 222 valence electrons. The van der Waals surface area contributed by atoms with Crippen LogP contribution in [0.15, 0.2) is 61.1 Å². The molecule has 0 aliphatic heterocycles. The number of rotatable bonds is 10. The first kappa shape index (κ1) is 31.3. The van der Waals surface area contributed by atoms with E-state index in [-0.39, 0.29) is 25.2 Å². The van der Waals surface area contributed by atoms with Gasteiger partial charge in [-0.2, -0.15) is 13.2 Å². The largest absolute Gasteiger partial charge is 0.490 e. The van der Waals surface area contributed by atoms with Crippen LogP contribution >= 0.6 is 0 Å². The van der Waals surface area contributed by atoms with Gasteiger partial charge in [-0.3, -0.25) is 14.4 Å². The molecular weight excluding hydrogens is 563 g/mol. The normalized spacial score (nSPS) is 11.8. The number of amides is 2. The van der Waals surface area contributed by atoms with Crippen molar-refractivity contribution in [2.24, 2.45) is 5.73 Å². The molecule has 0 aliphatic rings. The number of pyridine rings is 1. The lowest BCUT2D eigenvalue weighted by Gasteiger charge is -2.23. The summed E-state index contributed by atoms with van der Waals surface area (Å²) in [6, 6.07) is 11.8. The Hall–Kier alpha value is -5.28. The Kier molecular flexibility index (Phi) is 9.96. The van der Waals surface area contributed by atoms with Crippen LogP contribution < -0.4 is 5.73 Å². The van der Waals surface area contributed by atoms with Gasteiger partial charge in [0.25, 0.3) is 0 Å². The van der Waals surface area contributed by atoms with Crippen LogP contribution in [0, 0.1) is 0 Å². The molecule has 0 saturated heterocycles. The monoisotopic (exact) mass is 589 g/mol. The smallest absolute Gasteiger partial charge is 0.481 e. The molecule has 4 rings (SSSR count). The number of nitrogens with two attached hydrogens (primary N) is 1. The van der Waals surface area contributed by atoms with Crippen LogP contribution in [0.4, 0.5) is 13.2 Å². The van der Waals surface area contributed by atoms with Crippen LogP contribution in [0.3, 0.4) is 0 Å². The fraction of sp³-hybridized carbons (Fsp3) is 0.269. The van der Waals surface area contributed by atoms with Crippen molar-refractivity contribution in [3.63, 3.8) is 0 Å². The molecule has 0 aliphatic carbocycles. The van der Waals surface area contributed by atoms with E-state index in [4.69, 9.17) is 20.7 Å². The summed E-state index contributed by atoms with van der Waals surface area (Å²) in [6.07, 6.45) is 0.176. The van der Waals surface area contributed by atoms with Gasteiger partial charge in [-0.05, 0) is 30.2 Å². The molecule has 3 aromatic heterocycles. The molecule has 4 N–H and O–H groups in total. The van der Waals surface area contributed by atoms with Crippen molar-refractivity contribution >= 4 is 29.4 Å². The number of carboxylic acid groups (broad SMARTS) is 2. The quantitative estimate of drug-likeness (QED) is 0.250. The standard InChI is InChI=1S/C24H25N7O4.C2HF3O2/c1-29(14-18-13-26-22-7-2-3-10-30(18)22)24(35)20(8-9-21(25)32)31-15-19(27-28-31)17-6-4-5-16(11-17)12-23(33)34;3-2(4,5)1(6)7/h2-7,10-11,13,15,20H,8-9,12,14H2,1H3,(H2,25,32)(H,33,34);(H,6,7)/t20-;/m0./s1. The number of aliphatic carboxylic acids is 2. The molecule has 0 unspecified atom stereocenters. The van der Waals surface area contributed by atoms with E-state index in [1.807, 2.05) is 28.8 Å². The lowest BCUT2D eigenvalue weighted by molar-refractivity contribution is -0.192.